The van der Waals surface area contributed by atoms with Gasteiger partial charge in [-0.2, -0.15) is 0 Å². The zero-order valence-electron chi connectivity index (χ0n) is 11.0. The normalized spacial score (nSPS) is 34.1. The second-order valence-corrected chi connectivity index (χ2v) is 5.69. The van der Waals surface area contributed by atoms with Crippen molar-refractivity contribution in [2.75, 3.05) is 13.6 Å². The van der Waals surface area contributed by atoms with Crippen molar-refractivity contribution in [1.82, 2.24) is 4.90 Å². The third kappa shape index (κ3) is 2.74. The molecule has 2 rings (SSSR count). The van der Waals surface area contributed by atoms with Crippen LogP contribution >= 0.6 is 0 Å². The number of hydrogen-bond donors (Lipinski definition) is 1. The molecule has 0 radical (unpaired) electrons. The Hall–Kier alpha value is -1.32. The molecular formula is C14H21NO3. The molecule has 1 saturated carbocycles. The highest BCUT2D eigenvalue weighted by Crippen LogP contribution is 2.38. The number of carboxylic acid groups (broad SMARTS) is 1. The van der Waals surface area contributed by atoms with Gasteiger partial charge in [0.15, 0.2) is 0 Å². The van der Waals surface area contributed by atoms with E-state index in [1.54, 1.807) is 11.9 Å². The largest absolute Gasteiger partial charge is 0.481 e. The number of carboxylic acids is 1. The van der Waals surface area contributed by atoms with Gasteiger partial charge in [0.1, 0.15) is 0 Å². The molecule has 1 amide bonds. The van der Waals surface area contributed by atoms with E-state index >= 15 is 0 Å². The second-order valence-electron chi connectivity index (χ2n) is 5.69. The van der Waals surface area contributed by atoms with E-state index in [1.807, 2.05) is 12.2 Å². The molecule has 0 spiro atoms. The summed E-state index contributed by atoms with van der Waals surface area (Å²) in [5.41, 5.74) is 0. The monoisotopic (exact) mass is 251 g/mol. The molecule has 4 heteroatoms. The van der Waals surface area contributed by atoms with Gasteiger partial charge in [0.25, 0.3) is 0 Å². The zero-order chi connectivity index (χ0) is 13.3. The number of carbonyl (C=O) groups is 2. The van der Waals surface area contributed by atoms with E-state index in [-0.39, 0.29) is 11.8 Å². The second kappa shape index (κ2) is 5.12. The minimum atomic E-state index is -0.856. The lowest BCUT2D eigenvalue weighted by atomic mass is 9.82. The van der Waals surface area contributed by atoms with Gasteiger partial charge in [-0.15, -0.1) is 0 Å². The van der Waals surface area contributed by atoms with Crippen molar-refractivity contribution >= 4 is 11.9 Å². The Kier molecular flexibility index (Phi) is 3.73. The molecule has 0 aromatic rings. The SMILES string of the molecule is CC1CC1CN(C)C(=O)C1CC=CCC1C(=O)O. The van der Waals surface area contributed by atoms with E-state index in [1.165, 1.54) is 6.42 Å². The Bertz CT molecular complexity index is 377. The third-order valence-corrected chi connectivity index (χ3v) is 4.23. The summed E-state index contributed by atoms with van der Waals surface area (Å²) < 4.78 is 0. The zero-order valence-corrected chi connectivity index (χ0v) is 11.0. The van der Waals surface area contributed by atoms with Gasteiger partial charge in [0.2, 0.25) is 5.91 Å². The molecule has 100 valence electrons. The third-order valence-electron chi connectivity index (χ3n) is 4.23. The minimum absolute atomic E-state index is 0.00847. The molecule has 4 nitrogen and oxygen atoms in total. The lowest BCUT2D eigenvalue weighted by Crippen LogP contribution is -2.40. The molecule has 0 bridgehead atoms. The summed E-state index contributed by atoms with van der Waals surface area (Å²) in [6, 6.07) is 0. The van der Waals surface area contributed by atoms with Gasteiger partial charge in [-0.25, -0.2) is 0 Å². The number of rotatable bonds is 4. The van der Waals surface area contributed by atoms with Crippen LogP contribution in [0.25, 0.3) is 0 Å². The Morgan fingerprint density at radius 3 is 2.33 bits per heavy atom. The molecule has 0 aromatic carbocycles. The maximum atomic E-state index is 12.3. The molecule has 2 aliphatic carbocycles. The summed E-state index contributed by atoms with van der Waals surface area (Å²) in [4.78, 5) is 25.2. The number of nitrogens with zero attached hydrogens (tertiary/aromatic N) is 1. The lowest BCUT2D eigenvalue weighted by Gasteiger charge is -2.28. The van der Waals surface area contributed by atoms with Gasteiger partial charge in [0, 0.05) is 13.6 Å². The van der Waals surface area contributed by atoms with Crippen molar-refractivity contribution in [3.63, 3.8) is 0 Å². The van der Waals surface area contributed by atoms with Gasteiger partial charge in [-0.05, 0) is 31.1 Å². The quantitative estimate of drug-likeness (QED) is 0.775. The van der Waals surface area contributed by atoms with Gasteiger partial charge >= 0.3 is 5.97 Å². The molecule has 0 aliphatic heterocycles. The van der Waals surface area contributed by atoms with E-state index in [4.69, 9.17) is 0 Å². The maximum absolute atomic E-state index is 12.3. The van der Waals surface area contributed by atoms with Gasteiger partial charge in [-0.1, -0.05) is 19.1 Å². The van der Waals surface area contributed by atoms with Crippen LogP contribution in [0.3, 0.4) is 0 Å². The number of aliphatic carboxylic acids is 1. The van der Waals surface area contributed by atoms with Crippen LogP contribution in [-0.4, -0.2) is 35.5 Å². The fraction of sp³-hybridized carbons (Fsp3) is 0.714. The topological polar surface area (TPSA) is 57.6 Å². The van der Waals surface area contributed by atoms with Crippen LogP contribution < -0.4 is 0 Å². The van der Waals surface area contributed by atoms with Gasteiger partial charge < -0.3 is 10.0 Å². The van der Waals surface area contributed by atoms with E-state index in [0.29, 0.717) is 24.7 Å². The number of carbonyl (C=O) groups excluding carboxylic acids is 1. The van der Waals surface area contributed by atoms with Crippen LogP contribution in [0.5, 0.6) is 0 Å². The van der Waals surface area contributed by atoms with E-state index in [0.717, 1.165) is 6.54 Å². The first-order valence-electron chi connectivity index (χ1n) is 6.63. The molecule has 0 heterocycles. The molecule has 4 unspecified atom stereocenters. The number of hydrogen-bond acceptors (Lipinski definition) is 2. The average Bonchev–Trinajstić information content (AvgIpc) is 3.03. The van der Waals surface area contributed by atoms with Gasteiger partial charge in [-0.3, -0.25) is 9.59 Å². The Balaban J connectivity index is 1.97. The molecule has 1 N–H and O–H groups in total. The summed E-state index contributed by atoms with van der Waals surface area (Å²) in [7, 11) is 1.80. The Labute approximate surface area is 108 Å². The summed E-state index contributed by atoms with van der Waals surface area (Å²) in [6.07, 6.45) is 6.01. The molecule has 4 atom stereocenters. The molecule has 2 aliphatic rings. The first-order valence-corrected chi connectivity index (χ1v) is 6.63. The Morgan fingerprint density at radius 2 is 1.83 bits per heavy atom. The van der Waals surface area contributed by atoms with Crippen molar-refractivity contribution in [1.29, 1.82) is 0 Å². The van der Waals surface area contributed by atoms with E-state index < -0.39 is 11.9 Å². The molecule has 0 aromatic heterocycles. The van der Waals surface area contributed by atoms with Crippen molar-refractivity contribution in [2.24, 2.45) is 23.7 Å². The van der Waals surface area contributed by atoms with Crippen molar-refractivity contribution in [3.8, 4) is 0 Å². The van der Waals surface area contributed by atoms with Crippen molar-refractivity contribution < 1.29 is 14.7 Å². The standard InChI is InChI=1S/C14H21NO3/c1-9-7-10(9)8-15(2)13(16)11-5-3-4-6-12(11)14(17)18/h3-4,9-12H,5-8H2,1-2H3,(H,17,18). The van der Waals surface area contributed by atoms with E-state index in [2.05, 4.69) is 6.92 Å². The van der Waals surface area contributed by atoms with Crippen LogP contribution in [0, 0.1) is 23.7 Å². The van der Waals surface area contributed by atoms with E-state index in [9.17, 15) is 14.7 Å². The first kappa shape index (κ1) is 13.1. The highest BCUT2D eigenvalue weighted by atomic mass is 16.4. The molecule has 18 heavy (non-hydrogen) atoms. The van der Waals surface area contributed by atoms with Crippen LogP contribution in [0.4, 0.5) is 0 Å². The average molecular weight is 251 g/mol. The fourth-order valence-electron chi connectivity index (χ4n) is 2.74. The van der Waals surface area contributed by atoms with Crippen LogP contribution in [0.15, 0.2) is 12.2 Å². The Morgan fingerprint density at radius 1 is 1.28 bits per heavy atom. The summed E-state index contributed by atoms with van der Waals surface area (Å²) in [5.74, 6) is -0.479. The fourth-order valence-corrected chi connectivity index (χ4v) is 2.74. The summed E-state index contributed by atoms with van der Waals surface area (Å²) in [5, 5.41) is 9.17. The predicted molar refractivity (Wildman–Crippen MR) is 67.9 cm³/mol. The highest BCUT2D eigenvalue weighted by Gasteiger charge is 2.38. The smallest absolute Gasteiger partial charge is 0.307 e. The number of allylic oxidation sites excluding steroid dienone is 2. The first-order chi connectivity index (χ1) is 8.50. The molecule has 0 saturated heterocycles. The molecular weight excluding hydrogens is 230 g/mol. The van der Waals surface area contributed by atoms with Crippen LogP contribution in [0.1, 0.15) is 26.2 Å². The minimum Gasteiger partial charge on any atom is -0.481 e. The predicted octanol–water partition coefficient (Wildman–Crippen LogP) is 1.77. The van der Waals surface area contributed by atoms with Crippen molar-refractivity contribution in [2.45, 2.75) is 26.2 Å². The van der Waals surface area contributed by atoms with Crippen LogP contribution in [0.2, 0.25) is 0 Å². The maximum Gasteiger partial charge on any atom is 0.307 e. The van der Waals surface area contributed by atoms with Crippen molar-refractivity contribution in [3.05, 3.63) is 12.2 Å². The van der Waals surface area contributed by atoms with Crippen LogP contribution in [-0.2, 0) is 9.59 Å². The lowest BCUT2D eigenvalue weighted by molar-refractivity contribution is -0.150. The van der Waals surface area contributed by atoms with Gasteiger partial charge in [0.05, 0.1) is 11.8 Å². The summed E-state index contributed by atoms with van der Waals surface area (Å²) >= 11 is 0. The summed E-state index contributed by atoms with van der Waals surface area (Å²) in [6.45, 7) is 2.96. The number of amides is 1. The molecule has 1 fully saturated rings. The highest BCUT2D eigenvalue weighted by molar-refractivity contribution is 5.85.